The SMILES string of the molecule is CCCC(=O)Nc1ccc(C#N)cn1. The predicted molar refractivity (Wildman–Crippen MR) is 52.5 cm³/mol. The minimum Gasteiger partial charge on any atom is -0.311 e. The van der Waals surface area contributed by atoms with Crippen molar-refractivity contribution in [1.82, 2.24) is 4.98 Å². The third-order valence-corrected chi connectivity index (χ3v) is 1.64. The number of amides is 1. The summed E-state index contributed by atoms with van der Waals surface area (Å²) in [4.78, 5) is 15.1. The van der Waals surface area contributed by atoms with Gasteiger partial charge in [0.15, 0.2) is 0 Å². The fourth-order valence-corrected chi connectivity index (χ4v) is 0.966. The fourth-order valence-electron chi connectivity index (χ4n) is 0.966. The third kappa shape index (κ3) is 2.87. The van der Waals surface area contributed by atoms with Gasteiger partial charge in [0.2, 0.25) is 5.91 Å². The molecule has 0 fully saturated rings. The molecule has 0 radical (unpaired) electrons. The van der Waals surface area contributed by atoms with Crippen molar-refractivity contribution in [3.63, 3.8) is 0 Å². The molecule has 0 saturated carbocycles. The van der Waals surface area contributed by atoms with E-state index in [2.05, 4.69) is 10.3 Å². The van der Waals surface area contributed by atoms with E-state index in [9.17, 15) is 4.79 Å². The van der Waals surface area contributed by atoms with Gasteiger partial charge in [-0.05, 0) is 18.6 Å². The molecule has 0 spiro atoms. The fraction of sp³-hybridized carbons (Fsp3) is 0.300. The van der Waals surface area contributed by atoms with Gasteiger partial charge in [0, 0.05) is 12.6 Å². The number of hydrogen-bond acceptors (Lipinski definition) is 3. The van der Waals surface area contributed by atoms with Crippen LogP contribution in [0.15, 0.2) is 18.3 Å². The van der Waals surface area contributed by atoms with Crippen LogP contribution in [-0.4, -0.2) is 10.9 Å². The molecule has 1 aromatic heterocycles. The molecule has 0 aliphatic carbocycles. The Hall–Kier alpha value is -1.89. The lowest BCUT2D eigenvalue weighted by Gasteiger charge is -2.01. The van der Waals surface area contributed by atoms with E-state index in [0.717, 1.165) is 6.42 Å². The Labute approximate surface area is 82.6 Å². The molecular weight excluding hydrogens is 178 g/mol. The van der Waals surface area contributed by atoms with Crippen molar-refractivity contribution in [2.45, 2.75) is 19.8 Å². The maximum atomic E-state index is 11.2. The summed E-state index contributed by atoms with van der Waals surface area (Å²) < 4.78 is 0. The summed E-state index contributed by atoms with van der Waals surface area (Å²) in [7, 11) is 0. The Balaban J connectivity index is 2.61. The summed E-state index contributed by atoms with van der Waals surface area (Å²) in [5.74, 6) is 0.437. The van der Waals surface area contributed by atoms with Crippen LogP contribution in [0.4, 0.5) is 5.82 Å². The summed E-state index contributed by atoms with van der Waals surface area (Å²) in [6.45, 7) is 1.94. The van der Waals surface area contributed by atoms with Crippen molar-refractivity contribution in [3.8, 4) is 6.07 Å². The molecular formula is C10H11N3O. The van der Waals surface area contributed by atoms with Crippen LogP contribution in [0.5, 0.6) is 0 Å². The van der Waals surface area contributed by atoms with Gasteiger partial charge in [-0.2, -0.15) is 5.26 Å². The highest BCUT2D eigenvalue weighted by Gasteiger charge is 2.00. The Morgan fingerprint density at radius 2 is 2.43 bits per heavy atom. The first kappa shape index (κ1) is 10.2. The molecule has 0 aliphatic rings. The molecule has 0 bridgehead atoms. The number of aromatic nitrogens is 1. The smallest absolute Gasteiger partial charge is 0.225 e. The van der Waals surface area contributed by atoms with Gasteiger partial charge in [-0.25, -0.2) is 4.98 Å². The lowest BCUT2D eigenvalue weighted by Crippen LogP contribution is -2.11. The number of pyridine rings is 1. The van der Waals surface area contributed by atoms with Crippen LogP contribution < -0.4 is 5.32 Å². The molecule has 72 valence electrons. The Bertz CT molecular complexity index is 351. The number of nitrogens with one attached hydrogen (secondary N) is 1. The molecule has 0 saturated heterocycles. The monoisotopic (exact) mass is 189 g/mol. The third-order valence-electron chi connectivity index (χ3n) is 1.64. The molecule has 1 amide bonds. The molecule has 1 N–H and O–H groups in total. The van der Waals surface area contributed by atoms with Crippen molar-refractivity contribution < 1.29 is 4.79 Å². The highest BCUT2D eigenvalue weighted by atomic mass is 16.1. The van der Waals surface area contributed by atoms with E-state index in [4.69, 9.17) is 5.26 Å². The lowest BCUT2D eigenvalue weighted by atomic mass is 10.3. The molecule has 14 heavy (non-hydrogen) atoms. The van der Waals surface area contributed by atoms with Crippen molar-refractivity contribution in [1.29, 1.82) is 5.26 Å². The summed E-state index contributed by atoms with van der Waals surface area (Å²) in [5.41, 5.74) is 0.485. The van der Waals surface area contributed by atoms with Gasteiger partial charge in [0.25, 0.3) is 0 Å². The zero-order valence-corrected chi connectivity index (χ0v) is 7.95. The van der Waals surface area contributed by atoms with Crippen molar-refractivity contribution in [3.05, 3.63) is 23.9 Å². The average Bonchev–Trinajstić information content (AvgIpc) is 2.19. The number of carbonyl (C=O) groups excluding carboxylic acids is 1. The van der Waals surface area contributed by atoms with E-state index in [1.54, 1.807) is 12.1 Å². The van der Waals surface area contributed by atoms with E-state index < -0.39 is 0 Å². The van der Waals surface area contributed by atoms with Crippen LogP contribution in [0, 0.1) is 11.3 Å². The van der Waals surface area contributed by atoms with Gasteiger partial charge < -0.3 is 5.32 Å². The molecule has 0 unspecified atom stereocenters. The zero-order valence-electron chi connectivity index (χ0n) is 7.95. The van der Waals surface area contributed by atoms with Gasteiger partial charge in [-0.1, -0.05) is 6.92 Å². The second kappa shape index (κ2) is 4.97. The highest BCUT2D eigenvalue weighted by molar-refractivity contribution is 5.89. The Kier molecular flexibility index (Phi) is 3.62. The molecule has 1 rings (SSSR count). The summed E-state index contributed by atoms with van der Waals surface area (Å²) in [5, 5.41) is 11.2. The van der Waals surface area contributed by atoms with Crippen LogP contribution in [0.25, 0.3) is 0 Å². The number of anilines is 1. The maximum Gasteiger partial charge on any atom is 0.225 e. The molecule has 1 heterocycles. The molecule has 0 atom stereocenters. The first-order valence-corrected chi connectivity index (χ1v) is 4.42. The highest BCUT2D eigenvalue weighted by Crippen LogP contribution is 2.04. The summed E-state index contributed by atoms with van der Waals surface area (Å²) in [6, 6.07) is 5.19. The van der Waals surface area contributed by atoms with Crippen molar-refractivity contribution in [2.24, 2.45) is 0 Å². The van der Waals surface area contributed by atoms with Crippen LogP contribution in [0.3, 0.4) is 0 Å². The number of nitriles is 1. The van der Waals surface area contributed by atoms with E-state index in [0.29, 0.717) is 17.8 Å². The van der Waals surface area contributed by atoms with Gasteiger partial charge in [0.05, 0.1) is 5.56 Å². The molecule has 4 heteroatoms. The largest absolute Gasteiger partial charge is 0.311 e. The minimum atomic E-state index is -0.0512. The lowest BCUT2D eigenvalue weighted by molar-refractivity contribution is -0.116. The minimum absolute atomic E-state index is 0.0512. The first-order chi connectivity index (χ1) is 6.76. The standard InChI is InChI=1S/C10H11N3O/c1-2-3-10(14)13-9-5-4-8(6-11)7-12-9/h4-5,7H,2-3H2,1H3,(H,12,13,14). The van der Waals surface area contributed by atoms with E-state index in [-0.39, 0.29) is 5.91 Å². The van der Waals surface area contributed by atoms with E-state index in [1.165, 1.54) is 6.20 Å². The maximum absolute atomic E-state index is 11.2. The van der Waals surface area contributed by atoms with Crippen molar-refractivity contribution >= 4 is 11.7 Å². The molecule has 4 nitrogen and oxygen atoms in total. The topological polar surface area (TPSA) is 65.8 Å². The van der Waals surface area contributed by atoms with E-state index in [1.807, 2.05) is 13.0 Å². The molecule has 0 aromatic carbocycles. The predicted octanol–water partition coefficient (Wildman–Crippen LogP) is 1.69. The first-order valence-electron chi connectivity index (χ1n) is 4.42. The van der Waals surface area contributed by atoms with Crippen molar-refractivity contribution in [2.75, 3.05) is 5.32 Å². The second-order valence-electron chi connectivity index (χ2n) is 2.84. The Morgan fingerprint density at radius 3 is 2.93 bits per heavy atom. The number of carbonyl (C=O) groups is 1. The Morgan fingerprint density at radius 1 is 1.64 bits per heavy atom. The van der Waals surface area contributed by atoms with E-state index >= 15 is 0 Å². The summed E-state index contributed by atoms with van der Waals surface area (Å²) in [6.07, 6.45) is 2.73. The van der Waals surface area contributed by atoms with Gasteiger partial charge >= 0.3 is 0 Å². The quantitative estimate of drug-likeness (QED) is 0.786. The van der Waals surface area contributed by atoms with Crippen LogP contribution >= 0.6 is 0 Å². The second-order valence-corrected chi connectivity index (χ2v) is 2.84. The molecule has 0 aliphatic heterocycles. The molecule has 1 aromatic rings. The number of nitrogens with zero attached hydrogens (tertiary/aromatic N) is 2. The van der Waals surface area contributed by atoms with Crippen LogP contribution in [0.2, 0.25) is 0 Å². The van der Waals surface area contributed by atoms with Crippen LogP contribution in [-0.2, 0) is 4.79 Å². The summed E-state index contributed by atoms with van der Waals surface area (Å²) >= 11 is 0. The van der Waals surface area contributed by atoms with Crippen LogP contribution in [0.1, 0.15) is 25.3 Å². The van der Waals surface area contributed by atoms with Gasteiger partial charge in [0.1, 0.15) is 11.9 Å². The van der Waals surface area contributed by atoms with Gasteiger partial charge in [-0.15, -0.1) is 0 Å². The number of hydrogen-bond donors (Lipinski definition) is 1. The van der Waals surface area contributed by atoms with Gasteiger partial charge in [-0.3, -0.25) is 4.79 Å². The number of rotatable bonds is 3. The zero-order chi connectivity index (χ0) is 10.4. The average molecular weight is 189 g/mol. The normalized spacial score (nSPS) is 9.14.